The number of aromatic nitrogens is 4. The summed E-state index contributed by atoms with van der Waals surface area (Å²) in [5.41, 5.74) is 6.36. The van der Waals surface area contributed by atoms with Crippen LogP contribution in [-0.2, 0) is 0 Å². The first-order valence-electron chi connectivity index (χ1n) is 16.0. The Morgan fingerprint density at radius 3 is 1.62 bits per heavy atom. The Morgan fingerprint density at radius 2 is 0.958 bits per heavy atom. The topological polar surface area (TPSA) is 43.6 Å². The van der Waals surface area contributed by atoms with Crippen molar-refractivity contribution in [2.24, 2.45) is 0 Å². The normalized spacial score (nSPS) is 11.8. The maximum atomic E-state index is 5.08. The molecule has 0 saturated carbocycles. The molecule has 10 aromatic rings. The Labute approximate surface area is 280 Å². The average Bonchev–Trinajstić information content (AvgIpc) is 3.72. The molecule has 3 aromatic heterocycles. The lowest BCUT2D eigenvalue weighted by molar-refractivity contribution is 1.07. The molecule has 4 nitrogen and oxygen atoms in total. The van der Waals surface area contributed by atoms with Crippen molar-refractivity contribution in [3.8, 4) is 39.9 Å². The standard InChI is InChI=1S/C43H26N4S/c1-4-14-27(15-5-1)41-44-42(28-16-6-2-7-17-28)46-43(45-41)29-24-25-35-34(26-29)37-38-33-22-12-13-23-36(33)48-40(38)32-21-11-10-20-31(32)39(37)47(35)30-18-8-3-9-19-30/h1-26H. The number of thiophene rings is 1. The second-order valence-corrected chi connectivity index (χ2v) is 13.1. The van der Waals surface area contributed by atoms with Crippen molar-refractivity contribution < 1.29 is 0 Å². The Morgan fingerprint density at radius 1 is 0.417 bits per heavy atom. The first-order valence-corrected chi connectivity index (χ1v) is 16.9. The lowest BCUT2D eigenvalue weighted by atomic mass is 9.99. The number of benzene rings is 7. The van der Waals surface area contributed by atoms with Crippen LogP contribution in [0.3, 0.4) is 0 Å². The third-order valence-electron chi connectivity index (χ3n) is 9.21. The number of fused-ring (bicyclic) bond motifs is 10. The predicted molar refractivity (Wildman–Crippen MR) is 201 cm³/mol. The van der Waals surface area contributed by atoms with Crippen molar-refractivity contribution in [3.63, 3.8) is 0 Å². The van der Waals surface area contributed by atoms with Crippen LogP contribution in [0.2, 0.25) is 0 Å². The molecule has 0 amide bonds. The van der Waals surface area contributed by atoms with Crippen LogP contribution in [0.15, 0.2) is 158 Å². The number of para-hydroxylation sites is 1. The highest BCUT2D eigenvalue weighted by Crippen LogP contribution is 2.48. The van der Waals surface area contributed by atoms with E-state index < -0.39 is 0 Å². The molecule has 7 aromatic carbocycles. The van der Waals surface area contributed by atoms with Gasteiger partial charge in [-0.05, 0) is 36.4 Å². The van der Waals surface area contributed by atoms with Crippen LogP contribution in [0.25, 0.3) is 92.6 Å². The van der Waals surface area contributed by atoms with E-state index in [9.17, 15) is 0 Å². The average molecular weight is 631 g/mol. The molecular weight excluding hydrogens is 605 g/mol. The molecule has 0 spiro atoms. The Hall–Kier alpha value is -6.17. The van der Waals surface area contributed by atoms with Crippen molar-refractivity contribution in [1.82, 2.24) is 19.5 Å². The molecule has 5 heteroatoms. The van der Waals surface area contributed by atoms with Gasteiger partial charge in [0.15, 0.2) is 17.5 Å². The van der Waals surface area contributed by atoms with Gasteiger partial charge in [0.1, 0.15) is 0 Å². The van der Waals surface area contributed by atoms with Gasteiger partial charge in [0.25, 0.3) is 0 Å². The fourth-order valence-corrected chi connectivity index (χ4v) is 8.34. The number of rotatable bonds is 4. The van der Waals surface area contributed by atoms with Crippen LogP contribution in [0.1, 0.15) is 0 Å². The molecule has 48 heavy (non-hydrogen) atoms. The van der Waals surface area contributed by atoms with Crippen molar-refractivity contribution in [2.75, 3.05) is 0 Å². The van der Waals surface area contributed by atoms with Gasteiger partial charge >= 0.3 is 0 Å². The van der Waals surface area contributed by atoms with Crippen LogP contribution >= 0.6 is 11.3 Å². The largest absolute Gasteiger partial charge is 0.309 e. The second kappa shape index (κ2) is 10.7. The van der Waals surface area contributed by atoms with Gasteiger partial charge in [0.05, 0.1) is 11.0 Å². The predicted octanol–water partition coefficient (Wildman–Crippen LogP) is 11.5. The van der Waals surface area contributed by atoms with Crippen LogP contribution < -0.4 is 0 Å². The Kier molecular flexibility index (Phi) is 6.01. The van der Waals surface area contributed by atoms with Gasteiger partial charge in [-0.1, -0.05) is 121 Å². The number of hydrogen-bond acceptors (Lipinski definition) is 4. The lowest BCUT2D eigenvalue weighted by Crippen LogP contribution is -2.00. The highest BCUT2D eigenvalue weighted by molar-refractivity contribution is 7.27. The molecule has 0 saturated heterocycles. The van der Waals surface area contributed by atoms with E-state index >= 15 is 0 Å². The van der Waals surface area contributed by atoms with Crippen LogP contribution in [0.4, 0.5) is 0 Å². The van der Waals surface area contributed by atoms with Crippen LogP contribution in [0, 0.1) is 0 Å². The summed E-state index contributed by atoms with van der Waals surface area (Å²) in [6.07, 6.45) is 0. The minimum Gasteiger partial charge on any atom is -0.309 e. The molecule has 224 valence electrons. The third kappa shape index (κ3) is 4.11. The van der Waals surface area contributed by atoms with Gasteiger partial charge in [-0.15, -0.1) is 11.3 Å². The summed E-state index contributed by atoms with van der Waals surface area (Å²) in [7, 11) is 0. The van der Waals surface area contributed by atoms with Crippen molar-refractivity contribution in [2.45, 2.75) is 0 Å². The third-order valence-corrected chi connectivity index (χ3v) is 10.4. The molecular formula is C43H26N4S. The molecule has 0 bridgehead atoms. The van der Waals surface area contributed by atoms with Crippen molar-refractivity contribution >= 4 is 64.1 Å². The van der Waals surface area contributed by atoms with Gasteiger partial charge in [-0.25, -0.2) is 15.0 Å². The Balaban J connectivity index is 1.35. The summed E-state index contributed by atoms with van der Waals surface area (Å²) < 4.78 is 5.04. The fourth-order valence-electron chi connectivity index (χ4n) is 7.09. The highest BCUT2D eigenvalue weighted by atomic mass is 32.1. The maximum Gasteiger partial charge on any atom is 0.164 e. The van der Waals surface area contributed by atoms with E-state index in [0.29, 0.717) is 17.5 Å². The molecule has 0 fully saturated rings. The minimum atomic E-state index is 0.650. The fraction of sp³-hybridized carbons (Fsp3) is 0. The molecule has 0 aliphatic heterocycles. The molecule has 0 N–H and O–H groups in total. The summed E-state index contributed by atoms with van der Waals surface area (Å²) in [6.45, 7) is 0. The summed E-state index contributed by atoms with van der Waals surface area (Å²) >= 11 is 1.88. The molecule has 3 heterocycles. The molecule has 0 radical (unpaired) electrons. The maximum absolute atomic E-state index is 5.08. The first kappa shape index (κ1) is 27.0. The number of nitrogens with zero attached hydrogens (tertiary/aromatic N) is 4. The lowest BCUT2D eigenvalue weighted by Gasteiger charge is -2.11. The van der Waals surface area contributed by atoms with Gasteiger partial charge in [-0.2, -0.15) is 0 Å². The van der Waals surface area contributed by atoms with Gasteiger partial charge in [-0.3, -0.25) is 0 Å². The molecule has 0 atom stereocenters. The monoisotopic (exact) mass is 630 g/mol. The highest BCUT2D eigenvalue weighted by Gasteiger charge is 2.23. The Bertz CT molecular complexity index is 2760. The van der Waals surface area contributed by atoms with Gasteiger partial charge < -0.3 is 4.57 Å². The SMILES string of the molecule is c1ccc(-c2nc(-c3ccccc3)nc(-c3ccc4c(c3)c3c5c6ccccc6sc5c5ccccc5c3n4-c3ccccc3)n2)cc1. The quantitative estimate of drug-likeness (QED) is 0.194. The zero-order valence-electron chi connectivity index (χ0n) is 25.7. The second-order valence-electron chi connectivity index (χ2n) is 12.0. The number of hydrogen-bond donors (Lipinski definition) is 0. The van der Waals surface area contributed by atoms with Crippen molar-refractivity contribution in [1.29, 1.82) is 0 Å². The van der Waals surface area contributed by atoms with Crippen LogP contribution in [-0.4, -0.2) is 19.5 Å². The minimum absolute atomic E-state index is 0.650. The van der Waals surface area contributed by atoms with Crippen molar-refractivity contribution in [3.05, 3.63) is 158 Å². The zero-order valence-corrected chi connectivity index (χ0v) is 26.5. The summed E-state index contributed by atoms with van der Waals surface area (Å²) in [6, 6.07) is 55.3. The molecule has 0 unspecified atom stereocenters. The van der Waals surface area contributed by atoms with E-state index in [1.54, 1.807) is 0 Å². The van der Waals surface area contributed by atoms with E-state index in [1.165, 1.54) is 47.2 Å². The van der Waals surface area contributed by atoms with Crippen LogP contribution in [0.5, 0.6) is 0 Å². The summed E-state index contributed by atoms with van der Waals surface area (Å²) in [4.78, 5) is 15.1. The smallest absolute Gasteiger partial charge is 0.164 e. The van der Waals surface area contributed by atoms with Gasteiger partial charge in [0, 0.05) is 64.1 Å². The van der Waals surface area contributed by atoms with E-state index in [2.05, 4.69) is 102 Å². The first-order chi connectivity index (χ1) is 23.8. The molecule has 10 rings (SSSR count). The van der Waals surface area contributed by atoms with E-state index in [0.717, 1.165) is 27.9 Å². The van der Waals surface area contributed by atoms with E-state index in [4.69, 9.17) is 15.0 Å². The summed E-state index contributed by atoms with van der Waals surface area (Å²) in [5.74, 6) is 1.96. The molecule has 0 aliphatic carbocycles. The van der Waals surface area contributed by atoms with Gasteiger partial charge in [0.2, 0.25) is 0 Å². The molecule has 0 aliphatic rings. The van der Waals surface area contributed by atoms with E-state index in [1.807, 2.05) is 72.0 Å². The van der Waals surface area contributed by atoms with E-state index in [-0.39, 0.29) is 0 Å². The summed E-state index contributed by atoms with van der Waals surface area (Å²) in [5, 5.41) is 7.52. The zero-order chi connectivity index (χ0) is 31.6.